The van der Waals surface area contributed by atoms with Crippen LogP contribution in [0.1, 0.15) is 46.0 Å². The topological polar surface area (TPSA) is 46.3 Å². The van der Waals surface area contributed by atoms with Crippen LogP contribution >= 0.6 is 12.4 Å². The molecule has 3 nitrogen and oxygen atoms in total. The first-order valence-electron chi connectivity index (χ1n) is 6.02. The zero-order valence-corrected chi connectivity index (χ0v) is 11.4. The van der Waals surface area contributed by atoms with Crippen LogP contribution in [0, 0.1) is 5.92 Å². The number of nitrogens with two attached hydrogens (primary N) is 1. The fourth-order valence-corrected chi connectivity index (χ4v) is 2.25. The Kier molecular flexibility index (Phi) is 7.00. The molecule has 1 amide bonds. The fraction of sp³-hybridized carbons (Fsp3) is 0.917. The minimum atomic E-state index is -0.0255. The van der Waals surface area contributed by atoms with Gasteiger partial charge in [0.25, 0.3) is 0 Å². The fourth-order valence-electron chi connectivity index (χ4n) is 2.25. The predicted octanol–water partition coefficient (Wildman–Crippen LogP) is 2.18. The van der Waals surface area contributed by atoms with E-state index in [1.165, 1.54) is 12.8 Å². The van der Waals surface area contributed by atoms with Gasteiger partial charge in [-0.1, -0.05) is 6.92 Å². The lowest BCUT2D eigenvalue weighted by Gasteiger charge is -2.34. The summed E-state index contributed by atoms with van der Waals surface area (Å²) in [5.74, 6) is 1.03. The zero-order chi connectivity index (χ0) is 11.4. The maximum Gasteiger partial charge on any atom is 0.224 e. The normalized spacial score (nSPS) is 26.8. The molecule has 0 saturated heterocycles. The van der Waals surface area contributed by atoms with E-state index in [9.17, 15) is 4.79 Å². The molecule has 2 N–H and O–H groups in total. The van der Waals surface area contributed by atoms with E-state index < -0.39 is 0 Å². The molecular formula is C12H25ClN2O. The molecule has 96 valence electrons. The Hall–Kier alpha value is -0.280. The zero-order valence-electron chi connectivity index (χ0n) is 10.6. The Balaban J connectivity index is 0.00000225. The third-order valence-electron chi connectivity index (χ3n) is 3.42. The van der Waals surface area contributed by atoms with Crippen LogP contribution in [0.3, 0.4) is 0 Å². The molecule has 4 heteroatoms. The summed E-state index contributed by atoms with van der Waals surface area (Å²) in [4.78, 5) is 13.7. The van der Waals surface area contributed by atoms with E-state index in [-0.39, 0.29) is 24.4 Å². The molecule has 0 aromatic carbocycles. The van der Waals surface area contributed by atoms with E-state index in [1.54, 1.807) is 0 Å². The van der Waals surface area contributed by atoms with Crippen molar-refractivity contribution < 1.29 is 4.79 Å². The van der Waals surface area contributed by atoms with Crippen molar-refractivity contribution in [2.24, 2.45) is 11.7 Å². The first-order valence-corrected chi connectivity index (χ1v) is 6.02. The minimum absolute atomic E-state index is 0. The Morgan fingerprint density at radius 2 is 1.88 bits per heavy atom. The lowest BCUT2D eigenvalue weighted by Crippen LogP contribution is -2.41. The van der Waals surface area contributed by atoms with E-state index in [0.717, 1.165) is 18.8 Å². The molecule has 0 spiro atoms. The second-order valence-electron chi connectivity index (χ2n) is 5.10. The van der Waals surface area contributed by atoms with E-state index in [2.05, 4.69) is 6.92 Å². The maximum atomic E-state index is 11.8. The van der Waals surface area contributed by atoms with Gasteiger partial charge in [-0.15, -0.1) is 12.4 Å². The van der Waals surface area contributed by atoms with Gasteiger partial charge in [0.15, 0.2) is 0 Å². The SMILES string of the molecule is CC(N)CC(=O)N(C)C1CCC(C)CC1.Cl. The van der Waals surface area contributed by atoms with Crippen LogP contribution in [0.25, 0.3) is 0 Å². The maximum absolute atomic E-state index is 11.8. The molecule has 0 radical (unpaired) electrons. The van der Waals surface area contributed by atoms with Gasteiger partial charge in [0.05, 0.1) is 0 Å². The predicted molar refractivity (Wildman–Crippen MR) is 69.7 cm³/mol. The van der Waals surface area contributed by atoms with E-state index in [0.29, 0.717) is 12.5 Å². The molecule has 0 heterocycles. The molecule has 1 unspecified atom stereocenters. The number of carbonyl (C=O) groups excluding carboxylic acids is 1. The minimum Gasteiger partial charge on any atom is -0.343 e. The van der Waals surface area contributed by atoms with Crippen molar-refractivity contribution >= 4 is 18.3 Å². The molecule has 16 heavy (non-hydrogen) atoms. The summed E-state index contributed by atoms with van der Waals surface area (Å²) >= 11 is 0. The highest BCUT2D eigenvalue weighted by Gasteiger charge is 2.24. The first kappa shape index (κ1) is 15.7. The second kappa shape index (κ2) is 7.13. The number of rotatable bonds is 3. The average molecular weight is 249 g/mol. The highest BCUT2D eigenvalue weighted by molar-refractivity contribution is 5.85. The first-order chi connectivity index (χ1) is 7.00. The van der Waals surface area contributed by atoms with Crippen molar-refractivity contribution in [3.8, 4) is 0 Å². The molecule has 1 saturated carbocycles. The summed E-state index contributed by atoms with van der Waals surface area (Å²) < 4.78 is 0. The van der Waals surface area contributed by atoms with E-state index >= 15 is 0 Å². The average Bonchev–Trinajstić information content (AvgIpc) is 2.17. The van der Waals surface area contributed by atoms with Gasteiger partial charge in [0.1, 0.15) is 0 Å². The smallest absolute Gasteiger partial charge is 0.224 e. The monoisotopic (exact) mass is 248 g/mol. The van der Waals surface area contributed by atoms with Crippen LogP contribution in [0.5, 0.6) is 0 Å². The molecule has 1 aliphatic rings. The van der Waals surface area contributed by atoms with Crippen molar-refractivity contribution in [2.45, 2.75) is 58.0 Å². The summed E-state index contributed by atoms with van der Waals surface area (Å²) in [6, 6.07) is 0.426. The molecule has 0 aromatic heterocycles. The highest BCUT2D eigenvalue weighted by Crippen LogP contribution is 2.26. The quantitative estimate of drug-likeness (QED) is 0.832. The van der Waals surface area contributed by atoms with E-state index in [4.69, 9.17) is 5.73 Å². The number of halogens is 1. The molecule has 1 rings (SSSR count). The van der Waals surface area contributed by atoms with Gasteiger partial charge >= 0.3 is 0 Å². The molecule has 0 aromatic rings. The lowest BCUT2D eigenvalue weighted by atomic mass is 9.86. The second-order valence-corrected chi connectivity index (χ2v) is 5.10. The van der Waals surface area contributed by atoms with Gasteiger partial charge in [-0.3, -0.25) is 4.79 Å². The molecule has 1 atom stereocenters. The number of carbonyl (C=O) groups is 1. The standard InChI is InChI=1S/C12H24N2O.ClH/c1-9-4-6-11(7-5-9)14(3)12(15)8-10(2)13;/h9-11H,4-8,13H2,1-3H3;1H. The third kappa shape index (κ3) is 4.71. The van der Waals surface area contributed by atoms with Gasteiger partial charge in [-0.2, -0.15) is 0 Å². The summed E-state index contributed by atoms with van der Waals surface area (Å²) in [7, 11) is 1.92. The Morgan fingerprint density at radius 3 is 2.31 bits per heavy atom. The molecule has 1 aliphatic carbocycles. The number of amides is 1. The Bertz CT molecular complexity index is 213. The van der Waals surface area contributed by atoms with Crippen molar-refractivity contribution in [2.75, 3.05) is 7.05 Å². The van der Waals surface area contributed by atoms with Crippen LogP contribution < -0.4 is 5.73 Å². The van der Waals surface area contributed by atoms with Crippen LogP contribution in [0.4, 0.5) is 0 Å². The summed E-state index contributed by atoms with van der Waals surface area (Å²) in [5, 5.41) is 0. The van der Waals surface area contributed by atoms with Crippen molar-refractivity contribution in [1.29, 1.82) is 0 Å². The Labute approximate surface area is 105 Å². The third-order valence-corrected chi connectivity index (χ3v) is 3.42. The number of hydrogen-bond donors (Lipinski definition) is 1. The van der Waals surface area contributed by atoms with Gasteiger partial charge < -0.3 is 10.6 Å². The summed E-state index contributed by atoms with van der Waals surface area (Å²) in [6.07, 6.45) is 5.29. The van der Waals surface area contributed by atoms with Crippen molar-refractivity contribution in [1.82, 2.24) is 4.90 Å². The highest BCUT2D eigenvalue weighted by atomic mass is 35.5. The summed E-state index contributed by atoms with van der Waals surface area (Å²) in [6.45, 7) is 4.18. The number of hydrogen-bond acceptors (Lipinski definition) is 2. The molecule has 0 bridgehead atoms. The number of nitrogens with zero attached hydrogens (tertiary/aromatic N) is 1. The summed E-state index contributed by atoms with van der Waals surface area (Å²) in [5.41, 5.74) is 5.64. The van der Waals surface area contributed by atoms with Gasteiger partial charge in [-0.25, -0.2) is 0 Å². The van der Waals surface area contributed by atoms with Crippen LogP contribution in [-0.2, 0) is 4.79 Å². The largest absolute Gasteiger partial charge is 0.343 e. The molecular weight excluding hydrogens is 224 g/mol. The van der Waals surface area contributed by atoms with Crippen LogP contribution in [0.2, 0.25) is 0 Å². The van der Waals surface area contributed by atoms with Crippen LogP contribution in [0.15, 0.2) is 0 Å². The molecule has 0 aliphatic heterocycles. The van der Waals surface area contributed by atoms with Gasteiger partial charge in [0, 0.05) is 25.6 Å². The van der Waals surface area contributed by atoms with Gasteiger partial charge in [-0.05, 0) is 38.5 Å². The van der Waals surface area contributed by atoms with Crippen molar-refractivity contribution in [3.05, 3.63) is 0 Å². The lowest BCUT2D eigenvalue weighted by molar-refractivity contribution is -0.133. The Morgan fingerprint density at radius 1 is 1.38 bits per heavy atom. The van der Waals surface area contributed by atoms with Gasteiger partial charge in [0.2, 0.25) is 5.91 Å². The van der Waals surface area contributed by atoms with Crippen LogP contribution in [-0.4, -0.2) is 29.9 Å². The van der Waals surface area contributed by atoms with E-state index in [1.807, 2.05) is 18.9 Å². The van der Waals surface area contributed by atoms with Crippen molar-refractivity contribution in [3.63, 3.8) is 0 Å². The molecule has 1 fully saturated rings.